The van der Waals surface area contributed by atoms with E-state index in [1.807, 2.05) is 0 Å². The molecule has 0 aliphatic rings. The van der Waals surface area contributed by atoms with E-state index in [9.17, 15) is 20.0 Å². The highest BCUT2D eigenvalue weighted by molar-refractivity contribution is 5.94. The Morgan fingerprint density at radius 2 is 2.11 bits per heavy atom. The van der Waals surface area contributed by atoms with Crippen LogP contribution in [0.4, 0.5) is 5.69 Å². The molecule has 0 radical (unpaired) electrons. The highest BCUT2D eigenvalue weighted by Gasteiger charge is 2.23. The molecular weight excluding hydrogens is 358 g/mol. The van der Waals surface area contributed by atoms with Crippen LogP contribution in [0, 0.1) is 24.0 Å². The molecule has 0 amide bonds. The Hall–Kier alpha value is -3.69. The third kappa shape index (κ3) is 3.24. The van der Waals surface area contributed by atoms with E-state index in [0.29, 0.717) is 28.1 Å². The van der Waals surface area contributed by atoms with Crippen LogP contribution >= 0.6 is 0 Å². The predicted octanol–water partition coefficient (Wildman–Crippen LogP) is 2.67. The Bertz CT molecular complexity index is 1040. The molecule has 0 saturated carbocycles. The molecule has 3 aromatic rings. The molecule has 10 nitrogen and oxygen atoms in total. The summed E-state index contributed by atoms with van der Waals surface area (Å²) in [5.74, 6) is -0.444. The first kappa shape index (κ1) is 18.1. The van der Waals surface area contributed by atoms with Gasteiger partial charge in [-0.3, -0.25) is 10.1 Å². The number of methoxy groups -OCH3 is 1. The summed E-state index contributed by atoms with van der Waals surface area (Å²) in [4.78, 5) is 25.8. The lowest BCUT2D eigenvalue weighted by molar-refractivity contribution is -0.386. The van der Waals surface area contributed by atoms with E-state index in [1.54, 1.807) is 19.9 Å². The zero-order valence-corrected chi connectivity index (χ0v) is 14.7. The molecule has 140 valence electrons. The molecule has 0 aliphatic heterocycles. The van der Waals surface area contributed by atoms with Crippen LogP contribution in [0.2, 0.25) is 0 Å². The van der Waals surface area contributed by atoms with Crippen LogP contribution in [0.1, 0.15) is 11.5 Å². The lowest BCUT2D eigenvalue weighted by atomic mass is 10.0. The first-order chi connectivity index (χ1) is 12.8. The molecule has 27 heavy (non-hydrogen) atoms. The SMILES string of the molecule is COC(=O)COc1cc2c(O)c([N+](=O)[O-])cnc2cc1-c1c(C)noc1C. The number of carbonyl (C=O) groups is 1. The average molecular weight is 373 g/mol. The number of hydrogen-bond donors (Lipinski definition) is 1. The second kappa shape index (κ2) is 6.90. The van der Waals surface area contributed by atoms with E-state index in [2.05, 4.69) is 14.9 Å². The van der Waals surface area contributed by atoms with Crippen molar-refractivity contribution in [3.05, 3.63) is 39.9 Å². The van der Waals surface area contributed by atoms with Crippen LogP contribution < -0.4 is 4.74 Å². The van der Waals surface area contributed by atoms with Crippen molar-refractivity contribution >= 4 is 22.6 Å². The van der Waals surface area contributed by atoms with E-state index in [0.717, 1.165) is 6.20 Å². The Morgan fingerprint density at radius 1 is 1.37 bits per heavy atom. The van der Waals surface area contributed by atoms with Gasteiger partial charge in [-0.15, -0.1) is 0 Å². The number of benzene rings is 1. The number of aryl methyl sites for hydroxylation is 2. The maximum atomic E-state index is 11.5. The number of nitrogens with zero attached hydrogens (tertiary/aromatic N) is 3. The number of hydrogen-bond acceptors (Lipinski definition) is 9. The van der Waals surface area contributed by atoms with Crippen LogP contribution in [0.5, 0.6) is 11.5 Å². The highest BCUT2D eigenvalue weighted by Crippen LogP contribution is 2.41. The number of aromatic hydroxyl groups is 1. The van der Waals surface area contributed by atoms with E-state index in [1.165, 1.54) is 13.2 Å². The zero-order valence-electron chi connectivity index (χ0n) is 14.7. The van der Waals surface area contributed by atoms with Gasteiger partial charge in [0.25, 0.3) is 0 Å². The molecule has 0 fully saturated rings. The first-order valence-corrected chi connectivity index (χ1v) is 7.76. The summed E-state index contributed by atoms with van der Waals surface area (Å²) >= 11 is 0. The summed E-state index contributed by atoms with van der Waals surface area (Å²) in [5, 5.41) is 25.3. The van der Waals surface area contributed by atoms with Gasteiger partial charge in [-0.2, -0.15) is 0 Å². The molecule has 10 heteroatoms. The summed E-state index contributed by atoms with van der Waals surface area (Å²) in [6.45, 7) is 3.06. The normalized spacial score (nSPS) is 10.8. The summed E-state index contributed by atoms with van der Waals surface area (Å²) < 4.78 is 15.3. The fraction of sp³-hybridized carbons (Fsp3) is 0.235. The number of carbonyl (C=O) groups excluding carboxylic acids is 1. The van der Waals surface area contributed by atoms with Gasteiger partial charge >= 0.3 is 11.7 Å². The molecule has 0 unspecified atom stereocenters. The van der Waals surface area contributed by atoms with Crippen molar-refractivity contribution in [2.24, 2.45) is 0 Å². The molecule has 1 N–H and O–H groups in total. The fourth-order valence-electron chi connectivity index (χ4n) is 2.71. The molecule has 1 aromatic carbocycles. The van der Waals surface area contributed by atoms with Crippen molar-refractivity contribution in [3.8, 4) is 22.6 Å². The van der Waals surface area contributed by atoms with E-state index < -0.39 is 22.3 Å². The summed E-state index contributed by atoms with van der Waals surface area (Å²) in [7, 11) is 1.22. The van der Waals surface area contributed by atoms with Gasteiger partial charge in [0.15, 0.2) is 6.61 Å². The standard InChI is InChI=1S/C17H15N3O7/c1-8-16(9(2)27-19-8)11-4-12-10(5-14(11)26-7-15(21)25-3)17(22)13(6-18-12)20(23)24/h4-6H,7H2,1-3H3,(H,18,22). The second-order valence-corrected chi connectivity index (χ2v) is 5.68. The molecule has 0 bridgehead atoms. The van der Waals surface area contributed by atoms with Crippen LogP contribution in [-0.2, 0) is 9.53 Å². The lowest BCUT2D eigenvalue weighted by Crippen LogP contribution is -2.13. The lowest BCUT2D eigenvalue weighted by Gasteiger charge is -2.13. The Labute approximate surface area is 152 Å². The fourth-order valence-corrected chi connectivity index (χ4v) is 2.71. The molecule has 0 aliphatic carbocycles. The van der Waals surface area contributed by atoms with Gasteiger partial charge in [-0.05, 0) is 26.0 Å². The quantitative estimate of drug-likeness (QED) is 0.406. The molecular formula is C17H15N3O7. The average Bonchev–Trinajstić information content (AvgIpc) is 2.97. The van der Waals surface area contributed by atoms with Gasteiger partial charge in [0.05, 0.1) is 34.2 Å². The monoisotopic (exact) mass is 373 g/mol. The minimum absolute atomic E-state index is 0.111. The van der Waals surface area contributed by atoms with Crippen LogP contribution in [-0.4, -0.2) is 39.9 Å². The van der Waals surface area contributed by atoms with Crippen LogP contribution in [0.3, 0.4) is 0 Å². The molecule has 2 heterocycles. The number of ether oxygens (including phenoxy) is 2. The third-order valence-electron chi connectivity index (χ3n) is 3.99. The van der Waals surface area contributed by atoms with E-state index in [4.69, 9.17) is 9.26 Å². The van der Waals surface area contributed by atoms with Crippen molar-refractivity contribution in [2.45, 2.75) is 13.8 Å². The maximum absolute atomic E-state index is 11.5. The second-order valence-electron chi connectivity index (χ2n) is 5.68. The summed E-state index contributed by atoms with van der Waals surface area (Å²) in [6, 6.07) is 2.97. The minimum atomic E-state index is -0.737. The maximum Gasteiger partial charge on any atom is 0.343 e. The Morgan fingerprint density at radius 3 is 2.70 bits per heavy atom. The van der Waals surface area contributed by atoms with Crippen molar-refractivity contribution < 1.29 is 28.8 Å². The predicted molar refractivity (Wildman–Crippen MR) is 92.5 cm³/mol. The summed E-state index contributed by atoms with van der Waals surface area (Å²) in [6.07, 6.45) is 0.976. The topological polar surface area (TPSA) is 138 Å². The van der Waals surface area contributed by atoms with E-state index >= 15 is 0 Å². The number of aromatic nitrogens is 2. The van der Waals surface area contributed by atoms with Crippen molar-refractivity contribution in [2.75, 3.05) is 13.7 Å². The highest BCUT2D eigenvalue weighted by atomic mass is 16.6. The number of fused-ring (bicyclic) bond motifs is 1. The molecule has 3 rings (SSSR count). The number of nitro groups is 1. The van der Waals surface area contributed by atoms with Gasteiger partial charge in [-0.25, -0.2) is 9.78 Å². The molecule has 0 atom stereocenters. The zero-order chi connectivity index (χ0) is 19.7. The minimum Gasteiger partial charge on any atom is -0.502 e. The molecule has 0 saturated heterocycles. The van der Waals surface area contributed by atoms with Crippen molar-refractivity contribution in [1.82, 2.24) is 10.1 Å². The van der Waals surface area contributed by atoms with Gasteiger partial charge < -0.3 is 19.1 Å². The number of esters is 1. The Balaban J connectivity index is 2.24. The largest absolute Gasteiger partial charge is 0.502 e. The first-order valence-electron chi connectivity index (χ1n) is 7.76. The molecule has 2 aromatic heterocycles. The van der Waals surface area contributed by atoms with Gasteiger partial charge in [0.1, 0.15) is 17.7 Å². The number of rotatable bonds is 5. The van der Waals surface area contributed by atoms with Gasteiger partial charge in [0, 0.05) is 5.56 Å². The van der Waals surface area contributed by atoms with Gasteiger partial charge in [-0.1, -0.05) is 5.16 Å². The van der Waals surface area contributed by atoms with Crippen LogP contribution in [0.25, 0.3) is 22.0 Å². The molecule has 0 spiro atoms. The van der Waals surface area contributed by atoms with Crippen LogP contribution in [0.15, 0.2) is 22.9 Å². The Kier molecular flexibility index (Phi) is 4.63. The smallest absolute Gasteiger partial charge is 0.343 e. The number of pyridine rings is 1. The van der Waals surface area contributed by atoms with Gasteiger partial charge in [0.2, 0.25) is 5.75 Å². The van der Waals surface area contributed by atoms with Crippen molar-refractivity contribution in [3.63, 3.8) is 0 Å². The third-order valence-corrected chi connectivity index (χ3v) is 3.99. The van der Waals surface area contributed by atoms with Crippen molar-refractivity contribution in [1.29, 1.82) is 0 Å². The summed E-state index contributed by atoms with van der Waals surface area (Å²) in [5.41, 5.74) is 1.51. The van der Waals surface area contributed by atoms with E-state index in [-0.39, 0.29) is 17.7 Å².